The normalized spacial score (nSPS) is 12.0. The molecule has 0 radical (unpaired) electrons. The van der Waals surface area contributed by atoms with Gasteiger partial charge in [0, 0.05) is 24.9 Å². The van der Waals surface area contributed by atoms with Gasteiger partial charge in [0.05, 0.1) is 0 Å². The summed E-state index contributed by atoms with van der Waals surface area (Å²) in [4.78, 5) is 4.03. The average Bonchev–Trinajstić information content (AvgIpc) is 2.31. The molecule has 0 aliphatic heterocycles. The van der Waals surface area contributed by atoms with Gasteiger partial charge in [0.25, 0.3) is 0 Å². The Bertz CT molecular complexity index is 313. The molecule has 2 heteroatoms. The highest BCUT2D eigenvalue weighted by Crippen LogP contribution is 2.08. The average molecular weight is 216 g/mol. The lowest BCUT2D eigenvalue weighted by molar-refractivity contribution is 0.479. The number of aromatic nitrogens is 1. The van der Waals surface area contributed by atoms with E-state index in [1.165, 1.54) is 5.56 Å². The summed E-state index contributed by atoms with van der Waals surface area (Å²) in [6.45, 7) is 3.15. The molecule has 1 unspecified atom stereocenters. The van der Waals surface area contributed by atoms with Crippen molar-refractivity contribution >= 4 is 0 Å². The molecule has 2 nitrogen and oxygen atoms in total. The molecule has 0 bridgehead atoms. The number of hydrogen-bond acceptors (Lipinski definition) is 2. The number of pyridine rings is 1. The molecule has 0 aliphatic rings. The SMILES string of the molecule is C#CCCCC(Cc1ccncc1)NCC. The van der Waals surface area contributed by atoms with Gasteiger partial charge in [-0.2, -0.15) is 0 Å². The van der Waals surface area contributed by atoms with Crippen LogP contribution in [0.3, 0.4) is 0 Å². The molecule has 0 spiro atoms. The van der Waals surface area contributed by atoms with Gasteiger partial charge in [-0.15, -0.1) is 12.3 Å². The zero-order valence-electron chi connectivity index (χ0n) is 9.95. The second-order valence-electron chi connectivity index (χ2n) is 3.91. The fourth-order valence-corrected chi connectivity index (χ4v) is 1.82. The number of terminal acetylenes is 1. The first-order valence-electron chi connectivity index (χ1n) is 5.92. The zero-order valence-corrected chi connectivity index (χ0v) is 9.95. The van der Waals surface area contributed by atoms with Crippen LogP contribution >= 0.6 is 0 Å². The Kier molecular flexibility index (Phi) is 6.29. The number of hydrogen-bond donors (Lipinski definition) is 1. The summed E-state index contributed by atoms with van der Waals surface area (Å²) in [6.07, 6.45) is 13.1. The minimum absolute atomic E-state index is 0.528. The van der Waals surface area contributed by atoms with Gasteiger partial charge < -0.3 is 5.32 Å². The van der Waals surface area contributed by atoms with Crippen LogP contribution in [0.25, 0.3) is 0 Å². The van der Waals surface area contributed by atoms with E-state index in [4.69, 9.17) is 6.42 Å². The minimum atomic E-state index is 0.528. The first-order valence-corrected chi connectivity index (χ1v) is 5.92. The number of unbranched alkanes of at least 4 members (excludes halogenated alkanes) is 1. The van der Waals surface area contributed by atoms with E-state index in [0.717, 1.165) is 32.2 Å². The van der Waals surface area contributed by atoms with Gasteiger partial charge in [0.2, 0.25) is 0 Å². The number of likely N-dealkylation sites (N-methyl/N-ethyl adjacent to an activating group) is 1. The fourth-order valence-electron chi connectivity index (χ4n) is 1.82. The van der Waals surface area contributed by atoms with Crippen LogP contribution in [0.1, 0.15) is 31.7 Å². The van der Waals surface area contributed by atoms with Crippen LogP contribution < -0.4 is 5.32 Å². The van der Waals surface area contributed by atoms with Crippen LogP contribution in [0.2, 0.25) is 0 Å². The largest absolute Gasteiger partial charge is 0.314 e. The summed E-state index contributed by atoms with van der Waals surface area (Å²) in [5.41, 5.74) is 1.33. The topological polar surface area (TPSA) is 24.9 Å². The molecular weight excluding hydrogens is 196 g/mol. The van der Waals surface area contributed by atoms with Gasteiger partial charge in [0.1, 0.15) is 0 Å². The second kappa shape index (κ2) is 7.90. The van der Waals surface area contributed by atoms with Crippen LogP contribution in [-0.2, 0) is 6.42 Å². The Morgan fingerprint density at radius 3 is 2.81 bits per heavy atom. The Balaban J connectivity index is 2.41. The lowest BCUT2D eigenvalue weighted by atomic mass is 10.0. The molecule has 0 aromatic carbocycles. The van der Waals surface area contributed by atoms with Gasteiger partial charge in [-0.1, -0.05) is 6.92 Å². The highest BCUT2D eigenvalue weighted by atomic mass is 14.9. The van der Waals surface area contributed by atoms with Crippen LogP contribution in [0, 0.1) is 12.3 Å². The molecule has 1 aromatic heterocycles. The summed E-state index contributed by atoms with van der Waals surface area (Å²) in [5, 5.41) is 3.50. The standard InChI is InChI=1S/C14H20N2/c1-3-5-6-7-14(16-4-2)12-13-8-10-15-11-9-13/h1,8-11,14,16H,4-7,12H2,2H3. The van der Waals surface area contributed by atoms with E-state index in [1.807, 2.05) is 12.4 Å². The van der Waals surface area contributed by atoms with Crippen LogP contribution in [-0.4, -0.2) is 17.6 Å². The highest BCUT2D eigenvalue weighted by molar-refractivity contribution is 5.11. The Hall–Kier alpha value is -1.33. The van der Waals surface area contributed by atoms with Crippen molar-refractivity contribution in [3.63, 3.8) is 0 Å². The van der Waals surface area contributed by atoms with Crippen LogP contribution in [0.4, 0.5) is 0 Å². The molecule has 1 aromatic rings. The predicted octanol–water partition coefficient (Wildman–Crippen LogP) is 2.41. The number of rotatable bonds is 7. The quantitative estimate of drug-likeness (QED) is 0.559. The first kappa shape index (κ1) is 12.7. The van der Waals surface area contributed by atoms with Crippen molar-refractivity contribution in [1.82, 2.24) is 10.3 Å². The molecule has 0 saturated heterocycles. The van der Waals surface area contributed by atoms with Crippen molar-refractivity contribution in [3.05, 3.63) is 30.1 Å². The third-order valence-electron chi connectivity index (χ3n) is 2.60. The number of nitrogens with one attached hydrogen (secondary N) is 1. The van der Waals surface area contributed by atoms with E-state index in [9.17, 15) is 0 Å². The van der Waals surface area contributed by atoms with Crippen molar-refractivity contribution in [2.45, 2.75) is 38.6 Å². The van der Waals surface area contributed by atoms with Crippen molar-refractivity contribution in [2.24, 2.45) is 0 Å². The molecule has 1 heterocycles. The van der Waals surface area contributed by atoms with Crippen molar-refractivity contribution in [1.29, 1.82) is 0 Å². The molecule has 0 fully saturated rings. The molecule has 0 amide bonds. The van der Waals surface area contributed by atoms with Gasteiger partial charge in [-0.05, 0) is 43.5 Å². The number of nitrogens with zero attached hydrogens (tertiary/aromatic N) is 1. The lowest BCUT2D eigenvalue weighted by Gasteiger charge is -2.17. The summed E-state index contributed by atoms with van der Waals surface area (Å²) in [7, 11) is 0. The molecule has 86 valence electrons. The van der Waals surface area contributed by atoms with E-state index < -0.39 is 0 Å². The van der Waals surface area contributed by atoms with Crippen molar-refractivity contribution in [2.75, 3.05) is 6.54 Å². The fraction of sp³-hybridized carbons (Fsp3) is 0.500. The molecule has 0 aliphatic carbocycles. The van der Waals surface area contributed by atoms with E-state index in [1.54, 1.807) is 0 Å². The lowest BCUT2D eigenvalue weighted by Crippen LogP contribution is -2.30. The van der Waals surface area contributed by atoms with Crippen molar-refractivity contribution < 1.29 is 0 Å². The van der Waals surface area contributed by atoms with Crippen LogP contribution in [0.15, 0.2) is 24.5 Å². The smallest absolute Gasteiger partial charge is 0.0270 e. The molecule has 16 heavy (non-hydrogen) atoms. The molecular formula is C14H20N2. The minimum Gasteiger partial charge on any atom is -0.314 e. The maximum atomic E-state index is 5.26. The Morgan fingerprint density at radius 2 is 2.19 bits per heavy atom. The second-order valence-corrected chi connectivity index (χ2v) is 3.91. The molecule has 1 N–H and O–H groups in total. The Morgan fingerprint density at radius 1 is 1.44 bits per heavy atom. The zero-order chi connectivity index (χ0) is 11.6. The summed E-state index contributed by atoms with van der Waals surface area (Å²) in [5.74, 6) is 2.69. The third-order valence-corrected chi connectivity index (χ3v) is 2.60. The van der Waals surface area contributed by atoms with Crippen LogP contribution in [0.5, 0.6) is 0 Å². The van der Waals surface area contributed by atoms with Gasteiger partial charge in [-0.3, -0.25) is 4.98 Å². The maximum absolute atomic E-state index is 5.26. The van der Waals surface area contributed by atoms with E-state index in [0.29, 0.717) is 6.04 Å². The molecule has 1 atom stereocenters. The summed E-state index contributed by atoms with van der Waals surface area (Å²) < 4.78 is 0. The van der Waals surface area contributed by atoms with Gasteiger partial charge >= 0.3 is 0 Å². The highest BCUT2D eigenvalue weighted by Gasteiger charge is 2.07. The summed E-state index contributed by atoms with van der Waals surface area (Å²) in [6, 6.07) is 4.68. The van der Waals surface area contributed by atoms with E-state index in [-0.39, 0.29) is 0 Å². The third kappa shape index (κ3) is 4.95. The predicted molar refractivity (Wildman–Crippen MR) is 68.1 cm³/mol. The van der Waals surface area contributed by atoms with Gasteiger partial charge in [-0.25, -0.2) is 0 Å². The van der Waals surface area contributed by atoms with E-state index in [2.05, 4.69) is 35.3 Å². The van der Waals surface area contributed by atoms with E-state index >= 15 is 0 Å². The summed E-state index contributed by atoms with van der Waals surface area (Å²) >= 11 is 0. The Labute approximate surface area is 98.5 Å². The molecule has 0 saturated carbocycles. The monoisotopic (exact) mass is 216 g/mol. The maximum Gasteiger partial charge on any atom is 0.0270 e. The van der Waals surface area contributed by atoms with Crippen molar-refractivity contribution in [3.8, 4) is 12.3 Å². The first-order chi connectivity index (χ1) is 7.86. The molecule has 1 rings (SSSR count). The van der Waals surface area contributed by atoms with Gasteiger partial charge in [0.15, 0.2) is 0 Å².